The van der Waals surface area contributed by atoms with Gasteiger partial charge in [-0.15, -0.1) is 0 Å². The van der Waals surface area contributed by atoms with Crippen molar-refractivity contribution in [1.82, 2.24) is 9.30 Å². The average molecular weight is 269 g/mol. The van der Waals surface area contributed by atoms with Crippen molar-refractivity contribution < 1.29 is 5.11 Å². The second kappa shape index (κ2) is 5.28. The lowest BCUT2D eigenvalue weighted by atomic mass is 10.0. The molecule has 3 rings (SSSR count). The molecular weight excluding hydrogens is 250 g/mol. The zero-order valence-electron chi connectivity index (χ0n) is 11.7. The van der Waals surface area contributed by atoms with Gasteiger partial charge in [0.2, 0.25) is 0 Å². The summed E-state index contributed by atoms with van der Waals surface area (Å²) in [7, 11) is 0. The highest BCUT2D eigenvalue weighted by Crippen LogP contribution is 2.24. The highest BCUT2D eigenvalue weighted by molar-refractivity contribution is 5.65. The van der Waals surface area contributed by atoms with Gasteiger partial charge in [-0.1, -0.05) is 6.07 Å². The molecule has 1 aliphatic rings. The van der Waals surface area contributed by atoms with Crippen molar-refractivity contribution in [2.75, 3.05) is 13.1 Å². The Kier molecular flexibility index (Phi) is 3.47. The molecule has 1 fully saturated rings. The van der Waals surface area contributed by atoms with Crippen LogP contribution in [0.25, 0.3) is 5.52 Å². The third-order valence-electron chi connectivity index (χ3n) is 4.26. The minimum atomic E-state index is -0.247. The van der Waals surface area contributed by atoms with Gasteiger partial charge >= 0.3 is 0 Å². The predicted octanol–water partition coefficient (Wildman–Crippen LogP) is 2.01. The fourth-order valence-corrected chi connectivity index (χ4v) is 3.07. The van der Waals surface area contributed by atoms with Crippen molar-refractivity contribution in [3.05, 3.63) is 41.7 Å². The van der Waals surface area contributed by atoms with Crippen LogP contribution in [0.15, 0.2) is 30.6 Å². The van der Waals surface area contributed by atoms with Crippen LogP contribution in [0.4, 0.5) is 0 Å². The number of nitrogens with zero attached hydrogens (tertiary/aromatic N) is 3. The third-order valence-corrected chi connectivity index (χ3v) is 4.26. The molecular formula is C16H19N3O. The summed E-state index contributed by atoms with van der Waals surface area (Å²) in [6.07, 6.45) is 4.81. The topological polar surface area (TPSA) is 51.7 Å². The number of likely N-dealkylation sites (tertiary alicyclic amines) is 1. The number of aliphatic hydroxyl groups excluding tert-OH is 1. The lowest BCUT2D eigenvalue weighted by molar-refractivity contribution is 0.127. The molecule has 4 nitrogen and oxygen atoms in total. The molecule has 0 amide bonds. The van der Waals surface area contributed by atoms with E-state index in [4.69, 9.17) is 0 Å². The molecule has 0 bridgehead atoms. The van der Waals surface area contributed by atoms with E-state index in [9.17, 15) is 10.4 Å². The SMILES string of the molecule is CC(O)C1CCN(Cc2cn3ccccc3c2C#N)C1. The highest BCUT2D eigenvalue weighted by atomic mass is 16.3. The molecule has 0 radical (unpaired) electrons. The van der Waals surface area contributed by atoms with Gasteiger partial charge < -0.3 is 9.51 Å². The Bertz CT molecular complexity index is 653. The van der Waals surface area contributed by atoms with Crippen LogP contribution in [0.3, 0.4) is 0 Å². The number of rotatable bonds is 3. The number of pyridine rings is 1. The van der Waals surface area contributed by atoms with Crippen LogP contribution >= 0.6 is 0 Å². The first kappa shape index (κ1) is 13.2. The number of hydrogen-bond acceptors (Lipinski definition) is 3. The van der Waals surface area contributed by atoms with Crippen LogP contribution in [-0.2, 0) is 6.54 Å². The van der Waals surface area contributed by atoms with E-state index in [2.05, 4.69) is 11.0 Å². The zero-order valence-corrected chi connectivity index (χ0v) is 11.7. The van der Waals surface area contributed by atoms with E-state index in [0.29, 0.717) is 5.92 Å². The second-order valence-electron chi connectivity index (χ2n) is 5.66. The molecule has 1 saturated heterocycles. The molecule has 2 aromatic heterocycles. The van der Waals surface area contributed by atoms with E-state index in [1.54, 1.807) is 0 Å². The molecule has 1 N–H and O–H groups in total. The lowest BCUT2D eigenvalue weighted by Crippen LogP contribution is -2.24. The molecule has 2 aromatic rings. The van der Waals surface area contributed by atoms with Crippen LogP contribution in [0.1, 0.15) is 24.5 Å². The first-order valence-corrected chi connectivity index (χ1v) is 7.08. The second-order valence-corrected chi connectivity index (χ2v) is 5.66. The lowest BCUT2D eigenvalue weighted by Gasteiger charge is -2.16. The Morgan fingerprint density at radius 2 is 2.35 bits per heavy atom. The summed E-state index contributed by atoms with van der Waals surface area (Å²) in [5.41, 5.74) is 2.81. The first-order chi connectivity index (χ1) is 9.69. The van der Waals surface area contributed by atoms with E-state index in [-0.39, 0.29) is 6.10 Å². The minimum Gasteiger partial charge on any atom is -0.393 e. The molecule has 3 heterocycles. The van der Waals surface area contributed by atoms with Crippen LogP contribution in [-0.4, -0.2) is 33.6 Å². The Balaban J connectivity index is 1.83. The number of hydrogen-bond donors (Lipinski definition) is 1. The molecule has 20 heavy (non-hydrogen) atoms. The molecule has 2 atom stereocenters. The summed E-state index contributed by atoms with van der Waals surface area (Å²) in [4.78, 5) is 2.33. The van der Waals surface area contributed by atoms with Crippen LogP contribution in [0.5, 0.6) is 0 Å². The van der Waals surface area contributed by atoms with Gasteiger partial charge in [-0.25, -0.2) is 0 Å². The number of aliphatic hydroxyl groups is 1. The van der Waals surface area contributed by atoms with Crippen molar-refractivity contribution in [3.63, 3.8) is 0 Å². The predicted molar refractivity (Wildman–Crippen MR) is 77.2 cm³/mol. The van der Waals surface area contributed by atoms with Crippen molar-refractivity contribution in [2.45, 2.75) is 26.0 Å². The molecule has 4 heteroatoms. The van der Waals surface area contributed by atoms with E-state index in [0.717, 1.165) is 42.7 Å². The van der Waals surface area contributed by atoms with E-state index < -0.39 is 0 Å². The van der Waals surface area contributed by atoms with Crippen molar-refractivity contribution >= 4 is 5.52 Å². The van der Waals surface area contributed by atoms with Gasteiger partial charge in [-0.3, -0.25) is 4.90 Å². The van der Waals surface area contributed by atoms with Crippen molar-refractivity contribution in [2.24, 2.45) is 5.92 Å². The molecule has 1 aliphatic heterocycles. The summed E-state index contributed by atoms with van der Waals surface area (Å²) >= 11 is 0. The summed E-state index contributed by atoms with van der Waals surface area (Å²) < 4.78 is 2.01. The smallest absolute Gasteiger partial charge is 0.102 e. The van der Waals surface area contributed by atoms with Gasteiger partial charge in [0.1, 0.15) is 6.07 Å². The first-order valence-electron chi connectivity index (χ1n) is 7.08. The quantitative estimate of drug-likeness (QED) is 0.927. The van der Waals surface area contributed by atoms with Crippen LogP contribution in [0.2, 0.25) is 0 Å². The summed E-state index contributed by atoms with van der Waals surface area (Å²) in [5.74, 6) is 0.359. The molecule has 2 unspecified atom stereocenters. The maximum Gasteiger partial charge on any atom is 0.102 e. The van der Waals surface area contributed by atoms with Crippen LogP contribution in [0, 0.1) is 17.2 Å². The van der Waals surface area contributed by atoms with Crippen molar-refractivity contribution in [1.29, 1.82) is 5.26 Å². The van der Waals surface area contributed by atoms with E-state index >= 15 is 0 Å². The van der Waals surface area contributed by atoms with Crippen LogP contribution < -0.4 is 0 Å². The Morgan fingerprint density at radius 1 is 1.50 bits per heavy atom. The molecule has 0 spiro atoms. The average Bonchev–Trinajstić information content (AvgIpc) is 3.02. The van der Waals surface area contributed by atoms with Gasteiger partial charge in [0.25, 0.3) is 0 Å². The van der Waals surface area contributed by atoms with E-state index in [1.807, 2.05) is 41.9 Å². The fourth-order valence-electron chi connectivity index (χ4n) is 3.07. The van der Waals surface area contributed by atoms with Gasteiger partial charge in [-0.2, -0.15) is 5.26 Å². The van der Waals surface area contributed by atoms with E-state index in [1.165, 1.54) is 0 Å². The van der Waals surface area contributed by atoms with Crippen molar-refractivity contribution in [3.8, 4) is 6.07 Å². The maximum absolute atomic E-state index is 9.67. The number of aromatic nitrogens is 1. The van der Waals surface area contributed by atoms with Gasteiger partial charge in [0.05, 0.1) is 17.2 Å². The van der Waals surface area contributed by atoms with Gasteiger partial charge in [-0.05, 0) is 37.9 Å². The Labute approximate surface area is 118 Å². The normalized spacial score (nSPS) is 21.1. The monoisotopic (exact) mass is 269 g/mol. The summed E-state index contributed by atoms with van der Waals surface area (Å²) in [6, 6.07) is 8.23. The molecule has 104 valence electrons. The standard InChI is InChI=1S/C16H19N3O/c1-12(20)13-5-7-18(9-13)10-14-11-19-6-3-2-4-16(19)15(14)8-17/h2-4,6,11-13,20H,5,7,9-10H2,1H3. The van der Waals surface area contributed by atoms with Gasteiger partial charge in [0.15, 0.2) is 0 Å². The highest BCUT2D eigenvalue weighted by Gasteiger charge is 2.26. The number of nitriles is 1. The fraction of sp³-hybridized carbons (Fsp3) is 0.438. The Hall–Kier alpha value is -1.83. The van der Waals surface area contributed by atoms with Gasteiger partial charge in [0, 0.05) is 31.0 Å². The number of fused-ring (bicyclic) bond motifs is 1. The largest absolute Gasteiger partial charge is 0.393 e. The maximum atomic E-state index is 9.67. The summed E-state index contributed by atoms with van der Waals surface area (Å²) in [6.45, 7) is 4.55. The summed E-state index contributed by atoms with van der Waals surface area (Å²) in [5, 5.41) is 19.1. The Morgan fingerprint density at radius 3 is 3.05 bits per heavy atom. The molecule has 0 aliphatic carbocycles. The zero-order chi connectivity index (χ0) is 14.1. The minimum absolute atomic E-state index is 0.247. The molecule has 0 saturated carbocycles. The molecule has 0 aromatic carbocycles. The third kappa shape index (κ3) is 2.31.